The smallest absolute Gasteiger partial charge is 0.150 e. The van der Waals surface area contributed by atoms with Crippen molar-refractivity contribution in [2.24, 2.45) is 0 Å². The fourth-order valence-electron chi connectivity index (χ4n) is 1.84. The summed E-state index contributed by atoms with van der Waals surface area (Å²) in [5, 5.41) is 1.27. The summed E-state index contributed by atoms with van der Waals surface area (Å²) in [6.07, 6.45) is 1.86. The topological polar surface area (TPSA) is 28.7 Å². The Kier molecular flexibility index (Phi) is 3.28. The zero-order chi connectivity index (χ0) is 13.2. The Bertz CT molecular complexity index is 709. The maximum Gasteiger partial charge on any atom is 0.150 e. The highest BCUT2D eigenvalue weighted by Gasteiger charge is 2.05. The van der Waals surface area contributed by atoms with E-state index in [1.165, 1.54) is 0 Å². The van der Waals surface area contributed by atoms with Crippen LogP contribution < -0.4 is 0 Å². The molecule has 0 fully saturated rings. The van der Waals surface area contributed by atoms with Gasteiger partial charge in [0.1, 0.15) is 5.82 Å². The van der Waals surface area contributed by atoms with Gasteiger partial charge in [-0.25, -0.2) is 4.98 Å². The normalized spacial score (nSPS) is 12.0. The number of para-hydroxylation sites is 2. The Labute approximate surface area is 120 Å². The van der Waals surface area contributed by atoms with E-state index < -0.39 is 0 Å². The van der Waals surface area contributed by atoms with E-state index in [-0.39, 0.29) is 0 Å². The molecule has 1 heterocycles. The van der Waals surface area contributed by atoms with Gasteiger partial charge in [-0.15, -0.1) is 0 Å². The van der Waals surface area contributed by atoms with E-state index >= 15 is 0 Å². The summed E-state index contributed by atoms with van der Waals surface area (Å²) < 4.78 is 0. The van der Waals surface area contributed by atoms with Gasteiger partial charge in [0.25, 0.3) is 0 Å². The van der Waals surface area contributed by atoms with Crippen molar-refractivity contribution in [3.05, 3.63) is 64.9 Å². The van der Waals surface area contributed by atoms with Crippen molar-refractivity contribution >= 4 is 45.3 Å². The van der Waals surface area contributed by atoms with E-state index in [2.05, 4.69) is 9.97 Å². The number of rotatable bonds is 2. The van der Waals surface area contributed by atoms with Gasteiger partial charge in [-0.1, -0.05) is 47.5 Å². The predicted molar refractivity (Wildman–Crippen MR) is 81.3 cm³/mol. The summed E-state index contributed by atoms with van der Waals surface area (Å²) in [5.41, 5.74) is 2.86. The van der Waals surface area contributed by atoms with Crippen LogP contribution in [0.15, 0.2) is 48.5 Å². The van der Waals surface area contributed by atoms with Crippen molar-refractivity contribution in [1.29, 1.82) is 0 Å². The second kappa shape index (κ2) is 5.08. The van der Waals surface area contributed by atoms with Crippen molar-refractivity contribution in [3.63, 3.8) is 0 Å². The van der Waals surface area contributed by atoms with Crippen LogP contribution in [-0.4, -0.2) is 9.97 Å². The molecule has 0 amide bonds. The lowest BCUT2D eigenvalue weighted by Gasteiger charge is -1.96. The molecule has 3 rings (SSSR count). The molecule has 1 N–H and O–H groups in total. The molecule has 0 aliphatic carbocycles. The van der Waals surface area contributed by atoms with Crippen LogP contribution in [0.3, 0.4) is 0 Å². The molecule has 0 spiro atoms. The molecule has 1 aromatic heterocycles. The molecule has 2 nitrogen and oxygen atoms in total. The van der Waals surface area contributed by atoms with Gasteiger partial charge in [0.15, 0.2) is 0 Å². The third kappa shape index (κ3) is 2.65. The third-order valence-electron chi connectivity index (χ3n) is 2.78. The minimum atomic E-state index is 0.568. The van der Waals surface area contributed by atoms with Crippen LogP contribution in [0.1, 0.15) is 11.4 Å². The first-order chi connectivity index (χ1) is 9.22. The zero-order valence-corrected chi connectivity index (χ0v) is 11.4. The minimum absolute atomic E-state index is 0.568. The Morgan fingerprint density at radius 2 is 1.79 bits per heavy atom. The van der Waals surface area contributed by atoms with Crippen LogP contribution in [-0.2, 0) is 0 Å². The Morgan fingerprint density at radius 3 is 2.53 bits per heavy atom. The lowest BCUT2D eigenvalue weighted by molar-refractivity contribution is 1.29. The van der Waals surface area contributed by atoms with E-state index in [0.29, 0.717) is 15.9 Å². The molecule has 2 aromatic carbocycles. The number of aromatic nitrogens is 2. The molecule has 0 aliphatic rings. The molecular formula is C15H10Cl2N2. The summed E-state index contributed by atoms with van der Waals surface area (Å²) in [4.78, 5) is 7.63. The van der Waals surface area contributed by atoms with Crippen LogP contribution in [0.25, 0.3) is 22.1 Å². The fraction of sp³-hybridized carbons (Fsp3) is 0. The number of H-pyrrole nitrogens is 1. The van der Waals surface area contributed by atoms with Gasteiger partial charge in [-0.05, 0) is 35.9 Å². The second-order valence-corrected chi connectivity index (χ2v) is 4.99. The summed E-state index contributed by atoms with van der Waals surface area (Å²) >= 11 is 12.1. The summed E-state index contributed by atoms with van der Waals surface area (Å²) in [6.45, 7) is 0. The molecule has 94 valence electrons. The number of benzene rings is 2. The lowest BCUT2D eigenvalue weighted by Crippen LogP contribution is -1.80. The number of nitrogens with one attached hydrogen (secondary N) is 1. The number of nitrogens with zero attached hydrogens (tertiary/aromatic N) is 1. The van der Waals surface area contributed by atoms with Gasteiger partial charge >= 0.3 is 0 Å². The number of aromatic amines is 1. The second-order valence-electron chi connectivity index (χ2n) is 4.15. The number of halogens is 2. The van der Waals surface area contributed by atoms with E-state index in [4.69, 9.17) is 23.2 Å². The number of hydrogen-bond acceptors (Lipinski definition) is 1. The number of imidazole rings is 1. The van der Waals surface area contributed by atoms with Gasteiger partial charge < -0.3 is 4.98 Å². The van der Waals surface area contributed by atoms with Crippen molar-refractivity contribution in [2.45, 2.75) is 0 Å². The first-order valence-electron chi connectivity index (χ1n) is 5.80. The fourth-order valence-corrected chi connectivity index (χ4v) is 2.18. The quantitative estimate of drug-likeness (QED) is 0.710. The van der Waals surface area contributed by atoms with Crippen LogP contribution in [0.2, 0.25) is 5.02 Å². The van der Waals surface area contributed by atoms with Gasteiger partial charge in [0, 0.05) is 5.02 Å². The highest BCUT2D eigenvalue weighted by Crippen LogP contribution is 2.23. The minimum Gasteiger partial charge on any atom is -0.337 e. The van der Waals surface area contributed by atoms with Gasteiger partial charge in [-0.2, -0.15) is 0 Å². The molecule has 0 atom stereocenters. The largest absolute Gasteiger partial charge is 0.337 e. The molecule has 0 unspecified atom stereocenters. The van der Waals surface area contributed by atoms with Crippen LogP contribution in [0, 0.1) is 0 Å². The maximum atomic E-state index is 6.29. The van der Waals surface area contributed by atoms with E-state index in [1.54, 1.807) is 0 Å². The maximum absolute atomic E-state index is 6.29. The van der Waals surface area contributed by atoms with Gasteiger partial charge in [-0.3, -0.25) is 0 Å². The van der Waals surface area contributed by atoms with Gasteiger partial charge in [0.05, 0.1) is 16.1 Å². The summed E-state index contributed by atoms with van der Waals surface area (Å²) in [5.74, 6) is 0.665. The molecule has 0 radical (unpaired) electrons. The van der Waals surface area contributed by atoms with E-state index in [0.717, 1.165) is 16.6 Å². The van der Waals surface area contributed by atoms with E-state index in [1.807, 2.05) is 54.6 Å². The van der Waals surface area contributed by atoms with E-state index in [9.17, 15) is 0 Å². The lowest BCUT2D eigenvalue weighted by atomic mass is 10.2. The summed E-state index contributed by atoms with van der Waals surface area (Å²) in [7, 11) is 0. The SMILES string of the molecule is Cl/C(=C\c1ccc(Cl)cc1)c1nc2ccccc2[nH]1. The summed E-state index contributed by atoms with van der Waals surface area (Å²) in [6, 6.07) is 15.3. The highest BCUT2D eigenvalue weighted by atomic mass is 35.5. The van der Waals surface area contributed by atoms with Crippen LogP contribution in [0.5, 0.6) is 0 Å². The van der Waals surface area contributed by atoms with Crippen molar-refractivity contribution in [1.82, 2.24) is 9.97 Å². The molecule has 0 aliphatic heterocycles. The molecule has 0 saturated carbocycles. The Hall–Kier alpha value is -1.77. The van der Waals surface area contributed by atoms with Crippen molar-refractivity contribution in [3.8, 4) is 0 Å². The first-order valence-corrected chi connectivity index (χ1v) is 6.56. The molecule has 0 saturated heterocycles. The zero-order valence-electron chi connectivity index (χ0n) is 9.90. The highest BCUT2D eigenvalue weighted by molar-refractivity contribution is 6.50. The van der Waals surface area contributed by atoms with Crippen LogP contribution in [0.4, 0.5) is 0 Å². The Balaban J connectivity index is 1.98. The monoisotopic (exact) mass is 288 g/mol. The van der Waals surface area contributed by atoms with Crippen LogP contribution >= 0.6 is 23.2 Å². The molecular weight excluding hydrogens is 279 g/mol. The van der Waals surface area contributed by atoms with Gasteiger partial charge in [0.2, 0.25) is 0 Å². The average molecular weight is 289 g/mol. The molecule has 19 heavy (non-hydrogen) atoms. The predicted octanol–water partition coefficient (Wildman–Crippen LogP) is 4.95. The van der Waals surface area contributed by atoms with Crippen molar-refractivity contribution in [2.75, 3.05) is 0 Å². The Morgan fingerprint density at radius 1 is 1.05 bits per heavy atom. The standard InChI is InChI=1S/C15H10Cl2N2/c16-11-7-5-10(6-8-11)9-12(17)15-18-13-3-1-2-4-14(13)19-15/h1-9H,(H,18,19)/b12-9-. The van der Waals surface area contributed by atoms with Crippen molar-refractivity contribution < 1.29 is 0 Å². The molecule has 4 heteroatoms. The number of hydrogen-bond donors (Lipinski definition) is 1. The third-order valence-corrected chi connectivity index (χ3v) is 3.32. The molecule has 0 bridgehead atoms. The molecule has 3 aromatic rings. The average Bonchev–Trinajstić information content (AvgIpc) is 2.85. The first kappa shape index (κ1) is 12.3. The number of fused-ring (bicyclic) bond motifs is 1.